The molecule has 15 heavy (non-hydrogen) atoms. The molecule has 0 spiro atoms. The Kier molecular flexibility index (Phi) is 2.82. The zero-order valence-electron chi connectivity index (χ0n) is 8.12. The van der Waals surface area contributed by atoms with Gasteiger partial charge in [0, 0.05) is 18.4 Å². The van der Waals surface area contributed by atoms with E-state index in [1.807, 2.05) is 12.1 Å². The largest absolute Gasteiger partial charge is 0.493 e. The zero-order valence-corrected chi connectivity index (χ0v) is 8.88. The summed E-state index contributed by atoms with van der Waals surface area (Å²) in [4.78, 5) is 10.4. The highest BCUT2D eigenvalue weighted by Gasteiger charge is 2.17. The van der Waals surface area contributed by atoms with Crippen LogP contribution in [0.15, 0.2) is 12.1 Å². The topological polar surface area (TPSA) is 46.5 Å². The summed E-state index contributed by atoms with van der Waals surface area (Å²) in [6.07, 6.45) is 1.40. The van der Waals surface area contributed by atoms with Crippen molar-refractivity contribution in [2.24, 2.45) is 0 Å². The van der Waals surface area contributed by atoms with E-state index in [0.29, 0.717) is 18.1 Å². The van der Waals surface area contributed by atoms with Gasteiger partial charge in [-0.3, -0.25) is 4.79 Å². The van der Waals surface area contributed by atoms with Crippen LogP contribution < -0.4 is 4.74 Å². The van der Waals surface area contributed by atoms with Gasteiger partial charge in [-0.25, -0.2) is 0 Å². The van der Waals surface area contributed by atoms with E-state index in [1.54, 1.807) is 0 Å². The van der Waals surface area contributed by atoms with Crippen molar-refractivity contribution in [2.45, 2.75) is 19.3 Å². The third-order valence-corrected chi connectivity index (χ3v) is 2.97. The molecule has 1 N–H and O–H groups in total. The minimum Gasteiger partial charge on any atom is -0.493 e. The molecule has 1 aliphatic heterocycles. The Morgan fingerprint density at radius 3 is 3.07 bits per heavy atom. The Morgan fingerprint density at radius 1 is 1.53 bits per heavy atom. The number of carboxylic acid groups (broad SMARTS) is 1. The average molecular weight is 227 g/mol. The smallest absolute Gasteiger partial charge is 0.303 e. The molecular weight excluding hydrogens is 216 g/mol. The summed E-state index contributed by atoms with van der Waals surface area (Å²) < 4.78 is 5.36. The Hall–Kier alpha value is -1.22. The predicted octanol–water partition coefficient (Wildman–Crippen LogP) is 2.29. The number of ether oxygens (including phenoxy) is 1. The van der Waals surface area contributed by atoms with Gasteiger partial charge in [0.15, 0.2) is 0 Å². The van der Waals surface area contributed by atoms with Crippen LogP contribution in [-0.4, -0.2) is 17.7 Å². The first kappa shape index (κ1) is 10.3. The maximum atomic E-state index is 10.4. The van der Waals surface area contributed by atoms with Gasteiger partial charge in [-0.15, -0.1) is 0 Å². The van der Waals surface area contributed by atoms with Crippen molar-refractivity contribution < 1.29 is 14.6 Å². The standard InChI is InChI=1S/C11H11ClO3/c12-11-7(2-4-10(13)14)1-3-9-8(11)5-6-15-9/h1,3H,2,4-6H2,(H,13,14). The molecule has 2 rings (SSSR count). The molecule has 80 valence electrons. The molecule has 1 aromatic rings. The lowest BCUT2D eigenvalue weighted by atomic mass is 10.0. The third-order valence-electron chi connectivity index (χ3n) is 2.50. The molecule has 4 heteroatoms. The number of hydrogen-bond donors (Lipinski definition) is 1. The van der Waals surface area contributed by atoms with E-state index in [-0.39, 0.29) is 6.42 Å². The molecule has 0 amide bonds. The average Bonchev–Trinajstić information content (AvgIpc) is 2.65. The van der Waals surface area contributed by atoms with Gasteiger partial charge in [0.2, 0.25) is 0 Å². The fourth-order valence-electron chi connectivity index (χ4n) is 1.72. The second kappa shape index (κ2) is 4.11. The normalized spacial score (nSPS) is 13.4. The predicted molar refractivity (Wildman–Crippen MR) is 56.6 cm³/mol. The van der Waals surface area contributed by atoms with Crippen LogP contribution in [0.3, 0.4) is 0 Å². The number of fused-ring (bicyclic) bond motifs is 1. The third kappa shape index (κ3) is 2.07. The molecule has 0 aromatic heterocycles. The van der Waals surface area contributed by atoms with Crippen LogP contribution in [0.25, 0.3) is 0 Å². The minimum atomic E-state index is -0.803. The van der Waals surface area contributed by atoms with Gasteiger partial charge in [0.05, 0.1) is 11.6 Å². The van der Waals surface area contributed by atoms with E-state index < -0.39 is 5.97 Å². The maximum absolute atomic E-state index is 10.4. The number of rotatable bonds is 3. The van der Waals surface area contributed by atoms with E-state index >= 15 is 0 Å². The lowest BCUT2D eigenvalue weighted by Crippen LogP contribution is -1.98. The van der Waals surface area contributed by atoms with Gasteiger partial charge >= 0.3 is 5.97 Å². The molecular formula is C11H11ClO3. The van der Waals surface area contributed by atoms with E-state index in [1.165, 1.54) is 0 Å². The van der Waals surface area contributed by atoms with E-state index in [4.69, 9.17) is 21.4 Å². The molecule has 1 aliphatic rings. The van der Waals surface area contributed by atoms with Crippen LogP contribution in [0.2, 0.25) is 5.02 Å². The van der Waals surface area contributed by atoms with Crippen molar-refractivity contribution in [1.82, 2.24) is 0 Å². The maximum Gasteiger partial charge on any atom is 0.303 e. The van der Waals surface area contributed by atoms with Gasteiger partial charge in [0.25, 0.3) is 0 Å². The van der Waals surface area contributed by atoms with Gasteiger partial charge in [0.1, 0.15) is 5.75 Å². The first-order chi connectivity index (χ1) is 7.18. The molecule has 0 aliphatic carbocycles. The molecule has 1 aromatic carbocycles. The van der Waals surface area contributed by atoms with Crippen molar-refractivity contribution in [2.75, 3.05) is 6.61 Å². The summed E-state index contributed by atoms with van der Waals surface area (Å²) in [5.41, 5.74) is 1.91. The number of halogens is 1. The molecule has 0 unspecified atom stereocenters. The summed E-state index contributed by atoms with van der Waals surface area (Å²) in [5.74, 6) is 0.0295. The quantitative estimate of drug-likeness (QED) is 0.860. The van der Waals surface area contributed by atoms with Gasteiger partial charge in [-0.05, 0) is 18.1 Å². The molecule has 0 saturated carbocycles. The minimum absolute atomic E-state index is 0.110. The van der Waals surface area contributed by atoms with E-state index in [0.717, 1.165) is 23.3 Å². The Morgan fingerprint density at radius 2 is 2.33 bits per heavy atom. The highest BCUT2D eigenvalue weighted by molar-refractivity contribution is 6.32. The highest BCUT2D eigenvalue weighted by Crippen LogP contribution is 2.34. The summed E-state index contributed by atoms with van der Waals surface area (Å²) in [5, 5.41) is 9.26. The lowest BCUT2D eigenvalue weighted by molar-refractivity contribution is -0.136. The van der Waals surface area contributed by atoms with Gasteiger partial charge in [-0.2, -0.15) is 0 Å². The fraction of sp³-hybridized carbons (Fsp3) is 0.364. The summed E-state index contributed by atoms with van der Waals surface area (Å²) in [7, 11) is 0. The monoisotopic (exact) mass is 226 g/mol. The summed E-state index contributed by atoms with van der Waals surface area (Å²) in [6, 6.07) is 3.71. The van der Waals surface area contributed by atoms with Crippen molar-refractivity contribution >= 4 is 17.6 Å². The van der Waals surface area contributed by atoms with Crippen molar-refractivity contribution in [1.29, 1.82) is 0 Å². The van der Waals surface area contributed by atoms with Crippen LogP contribution in [0.4, 0.5) is 0 Å². The number of aryl methyl sites for hydroxylation is 1. The molecule has 0 radical (unpaired) electrons. The van der Waals surface area contributed by atoms with Crippen LogP contribution >= 0.6 is 11.6 Å². The first-order valence-electron chi connectivity index (χ1n) is 4.83. The molecule has 0 saturated heterocycles. The van der Waals surface area contributed by atoms with E-state index in [9.17, 15) is 4.79 Å². The van der Waals surface area contributed by atoms with Crippen LogP contribution in [0, 0.1) is 0 Å². The molecule has 0 atom stereocenters. The highest BCUT2D eigenvalue weighted by atomic mass is 35.5. The SMILES string of the molecule is O=C(O)CCc1ccc2c(c1Cl)CCO2. The van der Waals surface area contributed by atoms with Crippen molar-refractivity contribution in [3.8, 4) is 5.75 Å². The molecule has 0 bridgehead atoms. The second-order valence-corrected chi connectivity index (χ2v) is 3.89. The molecule has 3 nitrogen and oxygen atoms in total. The van der Waals surface area contributed by atoms with Crippen LogP contribution in [-0.2, 0) is 17.6 Å². The Bertz CT molecular complexity index is 401. The van der Waals surface area contributed by atoms with Crippen LogP contribution in [0.5, 0.6) is 5.75 Å². The fourth-order valence-corrected chi connectivity index (χ4v) is 2.06. The Balaban J connectivity index is 2.22. The first-order valence-corrected chi connectivity index (χ1v) is 5.21. The number of carbonyl (C=O) groups is 1. The number of aliphatic carboxylic acids is 1. The zero-order chi connectivity index (χ0) is 10.8. The number of benzene rings is 1. The van der Waals surface area contributed by atoms with Gasteiger partial charge < -0.3 is 9.84 Å². The molecule has 0 fully saturated rings. The van der Waals surface area contributed by atoms with Crippen molar-refractivity contribution in [3.05, 3.63) is 28.3 Å². The number of carboxylic acids is 1. The van der Waals surface area contributed by atoms with Crippen LogP contribution in [0.1, 0.15) is 17.5 Å². The van der Waals surface area contributed by atoms with Gasteiger partial charge in [-0.1, -0.05) is 17.7 Å². The Labute approximate surface area is 92.6 Å². The number of hydrogen-bond acceptors (Lipinski definition) is 2. The van der Waals surface area contributed by atoms with E-state index in [2.05, 4.69) is 0 Å². The summed E-state index contributed by atoms with van der Waals surface area (Å²) >= 11 is 6.16. The lowest BCUT2D eigenvalue weighted by Gasteiger charge is -2.06. The summed E-state index contributed by atoms with van der Waals surface area (Å²) in [6.45, 7) is 0.664. The second-order valence-electron chi connectivity index (χ2n) is 3.51. The van der Waals surface area contributed by atoms with Crippen molar-refractivity contribution in [3.63, 3.8) is 0 Å². The molecule has 1 heterocycles.